The molecule has 142 valence electrons. The molecule has 3 aromatic heterocycles. The first-order valence-corrected chi connectivity index (χ1v) is 9.24. The Bertz CT molecular complexity index is 1430. The Kier molecular flexibility index (Phi) is 3.96. The second-order valence-corrected chi connectivity index (χ2v) is 6.90. The number of nitrogens with zero attached hydrogens (tertiary/aromatic N) is 4. The lowest BCUT2D eigenvalue weighted by Crippen LogP contribution is -2.13. The molecule has 0 bridgehead atoms. The van der Waals surface area contributed by atoms with Gasteiger partial charge in [0.15, 0.2) is 0 Å². The van der Waals surface area contributed by atoms with E-state index in [1.807, 2.05) is 54.5 Å². The summed E-state index contributed by atoms with van der Waals surface area (Å²) in [5, 5.41) is 14.6. The molecule has 7 heteroatoms. The van der Waals surface area contributed by atoms with Gasteiger partial charge in [-0.2, -0.15) is 10.2 Å². The summed E-state index contributed by atoms with van der Waals surface area (Å²) in [6.45, 7) is 0.242. The standard InChI is InChI=1S/C22H18N6O/c1-28-21(15-4-2-3-13-7-8-24-11-18(13)15)19(12-25-28)14-5-6-16-17(9-14)20(10-23)26-27-22(16)29/h2-9,11-12H,10,23H2,1H3,(H,27,29). The number of hydrogen-bond acceptors (Lipinski definition) is 5. The number of hydrogen-bond donors (Lipinski definition) is 2. The van der Waals surface area contributed by atoms with Crippen LogP contribution in [0.1, 0.15) is 5.69 Å². The lowest BCUT2D eigenvalue weighted by atomic mass is 9.96. The van der Waals surface area contributed by atoms with E-state index >= 15 is 0 Å². The van der Waals surface area contributed by atoms with Crippen molar-refractivity contribution in [2.45, 2.75) is 6.54 Å². The monoisotopic (exact) mass is 382 g/mol. The first kappa shape index (κ1) is 17.3. The summed E-state index contributed by atoms with van der Waals surface area (Å²) in [6, 6.07) is 13.9. The van der Waals surface area contributed by atoms with E-state index < -0.39 is 0 Å². The van der Waals surface area contributed by atoms with Gasteiger partial charge in [0.05, 0.1) is 23.0 Å². The maximum atomic E-state index is 12.2. The fraction of sp³-hybridized carbons (Fsp3) is 0.0909. The highest BCUT2D eigenvalue weighted by Gasteiger charge is 2.16. The van der Waals surface area contributed by atoms with Gasteiger partial charge in [-0.15, -0.1) is 0 Å². The average molecular weight is 382 g/mol. The molecule has 0 saturated carbocycles. The van der Waals surface area contributed by atoms with Crippen molar-refractivity contribution in [2.24, 2.45) is 12.8 Å². The number of nitrogens with one attached hydrogen (secondary N) is 1. The van der Waals surface area contributed by atoms with Crippen LogP contribution < -0.4 is 11.3 Å². The van der Waals surface area contributed by atoms with Gasteiger partial charge in [0, 0.05) is 47.9 Å². The zero-order valence-corrected chi connectivity index (χ0v) is 15.8. The van der Waals surface area contributed by atoms with Crippen LogP contribution in [0.4, 0.5) is 0 Å². The van der Waals surface area contributed by atoms with Crippen molar-refractivity contribution in [3.63, 3.8) is 0 Å². The van der Waals surface area contributed by atoms with E-state index in [4.69, 9.17) is 5.73 Å². The quantitative estimate of drug-likeness (QED) is 0.499. The summed E-state index contributed by atoms with van der Waals surface area (Å²) in [4.78, 5) is 16.5. The van der Waals surface area contributed by atoms with Crippen molar-refractivity contribution in [3.05, 3.63) is 77.1 Å². The lowest BCUT2D eigenvalue weighted by molar-refractivity contribution is 0.776. The van der Waals surface area contributed by atoms with Crippen LogP contribution in [0.5, 0.6) is 0 Å². The van der Waals surface area contributed by atoms with Crippen molar-refractivity contribution >= 4 is 21.5 Å². The molecule has 0 aliphatic carbocycles. The maximum absolute atomic E-state index is 12.2. The van der Waals surface area contributed by atoms with Crippen LogP contribution in [0.2, 0.25) is 0 Å². The molecule has 3 heterocycles. The molecule has 0 spiro atoms. The number of rotatable bonds is 3. The molecule has 0 fully saturated rings. The molecule has 2 aromatic carbocycles. The highest BCUT2D eigenvalue weighted by Crippen LogP contribution is 2.36. The minimum absolute atomic E-state index is 0.227. The molecule has 0 atom stereocenters. The molecule has 5 aromatic rings. The second kappa shape index (κ2) is 6.65. The summed E-state index contributed by atoms with van der Waals surface area (Å²) in [6.07, 6.45) is 5.50. The number of pyridine rings is 1. The topological polar surface area (TPSA) is 102 Å². The van der Waals surface area contributed by atoms with Crippen LogP contribution in [-0.2, 0) is 13.6 Å². The predicted octanol–water partition coefficient (Wildman–Crippen LogP) is 3.00. The fourth-order valence-corrected chi connectivity index (χ4v) is 3.83. The summed E-state index contributed by atoms with van der Waals surface area (Å²) >= 11 is 0. The molecule has 0 unspecified atom stereocenters. The zero-order chi connectivity index (χ0) is 20.0. The van der Waals surface area contributed by atoms with Crippen LogP contribution in [-0.4, -0.2) is 25.0 Å². The van der Waals surface area contributed by atoms with E-state index in [0.29, 0.717) is 11.1 Å². The van der Waals surface area contributed by atoms with Gasteiger partial charge in [-0.1, -0.05) is 24.3 Å². The van der Waals surface area contributed by atoms with Crippen LogP contribution in [0.3, 0.4) is 0 Å². The Labute approximate surface area is 165 Å². The number of nitrogens with two attached hydrogens (primary N) is 1. The number of aromatic nitrogens is 5. The molecule has 0 saturated heterocycles. The van der Waals surface area contributed by atoms with E-state index in [2.05, 4.69) is 32.4 Å². The van der Waals surface area contributed by atoms with Crippen molar-refractivity contribution in [2.75, 3.05) is 0 Å². The summed E-state index contributed by atoms with van der Waals surface area (Å²) in [5.41, 5.74) is 10.2. The van der Waals surface area contributed by atoms with Gasteiger partial charge in [-0.3, -0.25) is 14.5 Å². The average Bonchev–Trinajstić information content (AvgIpc) is 3.14. The molecular weight excluding hydrogens is 364 g/mol. The zero-order valence-electron chi connectivity index (χ0n) is 15.8. The number of benzene rings is 2. The van der Waals surface area contributed by atoms with Gasteiger partial charge in [0.2, 0.25) is 0 Å². The minimum atomic E-state index is -0.227. The molecule has 0 amide bonds. The molecular formula is C22H18N6O. The largest absolute Gasteiger partial charge is 0.325 e. The van der Waals surface area contributed by atoms with Gasteiger partial charge < -0.3 is 5.73 Å². The lowest BCUT2D eigenvalue weighted by Gasteiger charge is -2.11. The van der Waals surface area contributed by atoms with Crippen LogP contribution >= 0.6 is 0 Å². The maximum Gasteiger partial charge on any atom is 0.272 e. The van der Waals surface area contributed by atoms with E-state index in [1.165, 1.54) is 0 Å². The first-order chi connectivity index (χ1) is 14.2. The Balaban J connectivity index is 1.78. The molecule has 29 heavy (non-hydrogen) atoms. The van der Waals surface area contributed by atoms with Crippen molar-refractivity contribution in [1.29, 1.82) is 0 Å². The van der Waals surface area contributed by atoms with E-state index in [9.17, 15) is 4.79 Å². The normalized spacial score (nSPS) is 11.4. The molecule has 7 nitrogen and oxygen atoms in total. The van der Waals surface area contributed by atoms with Crippen LogP contribution in [0.25, 0.3) is 43.9 Å². The van der Waals surface area contributed by atoms with E-state index in [0.717, 1.165) is 38.5 Å². The smallest absolute Gasteiger partial charge is 0.272 e. The van der Waals surface area contributed by atoms with Crippen molar-refractivity contribution in [1.82, 2.24) is 25.0 Å². The third-order valence-electron chi connectivity index (χ3n) is 5.25. The molecule has 0 radical (unpaired) electrons. The molecule has 0 aliphatic rings. The Morgan fingerprint density at radius 1 is 1.03 bits per heavy atom. The fourth-order valence-electron chi connectivity index (χ4n) is 3.83. The van der Waals surface area contributed by atoms with Gasteiger partial charge >= 0.3 is 0 Å². The number of fused-ring (bicyclic) bond motifs is 2. The van der Waals surface area contributed by atoms with Crippen molar-refractivity contribution < 1.29 is 0 Å². The first-order valence-electron chi connectivity index (χ1n) is 9.24. The minimum Gasteiger partial charge on any atom is -0.325 e. The summed E-state index contributed by atoms with van der Waals surface area (Å²) in [5.74, 6) is 0. The van der Waals surface area contributed by atoms with Crippen LogP contribution in [0.15, 0.2) is 65.8 Å². The Hall–Kier alpha value is -3.84. The van der Waals surface area contributed by atoms with Gasteiger partial charge in [-0.05, 0) is 29.1 Å². The number of H-pyrrole nitrogens is 1. The van der Waals surface area contributed by atoms with Crippen molar-refractivity contribution in [3.8, 4) is 22.4 Å². The Morgan fingerprint density at radius 3 is 2.79 bits per heavy atom. The molecule has 3 N–H and O–H groups in total. The second-order valence-electron chi connectivity index (χ2n) is 6.90. The third kappa shape index (κ3) is 2.71. The highest BCUT2D eigenvalue weighted by molar-refractivity contribution is 5.99. The van der Waals surface area contributed by atoms with Crippen LogP contribution in [0, 0.1) is 0 Å². The van der Waals surface area contributed by atoms with Gasteiger partial charge in [0.25, 0.3) is 5.56 Å². The molecule has 5 rings (SSSR count). The van der Waals surface area contributed by atoms with E-state index in [-0.39, 0.29) is 12.1 Å². The predicted molar refractivity (Wildman–Crippen MR) is 113 cm³/mol. The number of aryl methyl sites for hydroxylation is 1. The van der Waals surface area contributed by atoms with Gasteiger partial charge in [0.1, 0.15) is 0 Å². The molecule has 0 aliphatic heterocycles. The third-order valence-corrected chi connectivity index (χ3v) is 5.25. The van der Waals surface area contributed by atoms with Gasteiger partial charge in [-0.25, -0.2) is 5.10 Å². The highest BCUT2D eigenvalue weighted by atomic mass is 16.1. The Morgan fingerprint density at radius 2 is 1.93 bits per heavy atom. The SMILES string of the molecule is Cn1ncc(-c2ccc3c(=O)[nH]nc(CN)c3c2)c1-c1cccc2ccncc12. The summed E-state index contributed by atoms with van der Waals surface area (Å²) in [7, 11) is 1.92. The summed E-state index contributed by atoms with van der Waals surface area (Å²) < 4.78 is 1.86. The van der Waals surface area contributed by atoms with E-state index in [1.54, 1.807) is 6.20 Å². The number of aromatic amines is 1.